The quantitative estimate of drug-likeness (QED) is 0.375. The summed E-state index contributed by atoms with van der Waals surface area (Å²) in [5.74, 6) is 0.130. The van der Waals surface area contributed by atoms with Crippen LogP contribution in [0.3, 0.4) is 0 Å². The van der Waals surface area contributed by atoms with Crippen LogP contribution in [0.15, 0.2) is 12.2 Å². The Morgan fingerprint density at radius 1 is 1.18 bits per heavy atom. The summed E-state index contributed by atoms with van der Waals surface area (Å²) in [4.78, 5) is 11.4. The van der Waals surface area contributed by atoms with Crippen molar-refractivity contribution in [3.05, 3.63) is 12.2 Å². The molecule has 0 saturated heterocycles. The Morgan fingerprint density at radius 3 is 2.47 bits per heavy atom. The fraction of sp³-hybridized carbons (Fsp3) is 0.786. The van der Waals surface area contributed by atoms with Crippen molar-refractivity contribution in [3.8, 4) is 0 Å². The van der Waals surface area contributed by atoms with Gasteiger partial charge in [-0.3, -0.25) is 4.79 Å². The summed E-state index contributed by atoms with van der Waals surface area (Å²) < 4.78 is 0.882. The Labute approximate surface area is 106 Å². The van der Waals surface area contributed by atoms with Gasteiger partial charge in [0.1, 0.15) is 0 Å². The molecule has 0 heterocycles. The van der Waals surface area contributed by atoms with E-state index in [1.54, 1.807) is 0 Å². The van der Waals surface area contributed by atoms with Crippen molar-refractivity contribution in [1.82, 2.24) is 5.32 Å². The highest BCUT2D eigenvalue weighted by Crippen LogP contribution is 2.00. The normalized spacial score (nSPS) is 12.0. The van der Waals surface area contributed by atoms with Gasteiger partial charge in [-0.05, 0) is 12.8 Å². The molecule has 0 aliphatic carbocycles. The summed E-state index contributed by atoms with van der Waals surface area (Å²) in [7, 11) is 6.37. The lowest BCUT2D eigenvalue weighted by atomic mass is 10.2. The van der Waals surface area contributed by atoms with Crippen LogP contribution in [0.2, 0.25) is 0 Å². The van der Waals surface area contributed by atoms with Crippen LogP contribution < -0.4 is 5.32 Å². The molecule has 0 atom stereocenters. The van der Waals surface area contributed by atoms with E-state index in [1.807, 2.05) is 6.08 Å². The third kappa shape index (κ3) is 13.1. The number of amides is 1. The predicted octanol–water partition coefficient (Wildman–Crippen LogP) is 2.34. The number of quaternary nitrogens is 1. The number of allylic oxidation sites excluding steroid dienone is 1. The van der Waals surface area contributed by atoms with Gasteiger partial charge in [-0.25, -0.2) is 0 Å². The number of nitrogens with one attached hydrogen (secondary N) is 1. The molecular weight excluding hydrogens is 212 g/mol. The number of hydrogen-bond acceptors (Lipinski definition) is 1. The molecule has 17 heavy (non-hydrogen) atoms. The van der Waals surface area contributed by atoms with E-state index in [-0.39, 0.29) is 5.91 Å². The molecule has 0 aliphatic heterocycles. The van der Waals surface area contributed by atoms with Crippen LogP contribution in [-0.4, -0.2) is 44.6 Å². The summed E-state index contributed by atoms with van der Waals surface area (Å²) >= 11 is 0. The van der Waals surface area contributed by atoms with Crippen LogP contribution in [0, 0.1) is 0 Å². The zero-order chi connectivity index (χ0) is 13.1. The number of likely N-dealkylation sites (N-methyl/N-ethyl adjacent to an activating group) is 1. The second-order valence-corrected chi connectivity index (χ2v) is 5.54. The monoisotopic (exact) mass is 241 g/mol. The van der Waals surface area contributed by atoms with E-state index in [2.05, 4.69) is 39.5 Å². The van der Waals surface area contributed by atoms with Gasteiger partial charge in [0, 0.05) is 6.42 Å². The van der Waals surface area contributed by atoms with Gasteiger partial charge in [-0.15, -0.1) is 0 Å². The maximum atomic E-state index is 11.4. The van der Waals surface area contributed by atoms with Crippen LogP contribution in [0.25, 0.3) is 0 Å². The Hall–Kier alpha value is -0.830. The third-order valence-corrected chi connectivity index (χ3v) is 2.55. The molecule has 0 bridgehead atoms. The second-order valence-electron chi connectivity index (χ2n) is 5.54. The van der Waals surface area contributed by atoms with Crippen LogP contribution in [0.5, 0.6) is 0 Å². The number of carbonyl (C=O) groups excluding carboxylic acids is 1. The van der Waals surface area contributed by atoms with Gasteiger partial charge in [0.15, 0.2) is 0 Å². The summed E-state index contributed by atoms with van der Waals surface area (Å²) in [5.41, 5.74) is 0. The van der Waals surface area contributed by atoms with Crippen molar-refractivity contribution in [3.63, 3.8) is 0 Å². The first-order valence-electron chi connectivity index (χ1n) is 6.68. The largest absolute Gasteiger partial charge is 0.350 e. The molecule has 0 fully saturated rings. The molecule has 0 radical (unpaired) electrons. The zero-order valence-electron chi connectivity index (χ0n) is 12.0. The van der Waals surface area contributed by atoms with Gasteiger partial charge in [0.05, 0.1) is 34.2 Å². The molecule has 3 nitrogen and oxygen atoms in total. The summed E-state index contributed by atoms with van der Waals surface area (Å²) in [6.07, 6.45) is 9.48. The van der Waals surface area contributed by atoms with Crippen molar-refractivity contribution in [2.24, 2.45) is 0 Å². The summed E-state index contributed by atoms with van der Waals surface area (Å²) in [6, 6.07) is 0. The molecular formula is C14H29N2O+. The Morgan fingerprint density at radius 2 is 1.88 bits per heavy atom. The van der Waals surface area contributed by atoms with Crippen molar-refractivity contribution in [1.29, 1.82) is 0 Å². The first-order valence-corrected chi connectivity index (χ1v) is 6.68. The van der Waals surface area contributed by atoms with E-state index < -0.39 is 0 Å². The highest BCUT2D eigenvalue weighted by molar-refractivity contribution is 5.77. The molecule has 1 N–H and O–H groups in total. The van der Waals surface area contributed by atoms with Gasteiger partial charge in [0.25, 0.3) is 0 Å². The smallest absolute Gasteiger partial charge is 0.224 e. The molecule has 0 saturated carbocycles. The highest BCUT2D eigenvalue weighted by atomic mass is 16.1. The Bertz CT molecular complexity index is 229. The SMILES string of the molecule is CCCCC/C=C/CC(=O)NCC[N+](C)(C)C. The fourth-order valence-corrected chi connectivity index (χ4v) is 1.42. The van der Waals surface area contributed by atoms with Gasteiger partial charge < -0.3 is 9.80 Å². The van der Waals surface area contributed by atoms with Crippen LogP contribution in [0.1, 0.15) is 39.0 Å². The summed E-state index contributed by atoms with van der Waals surface area (Å²) in [6.45, 7) is 3.92. The van der Waals surface area contributed by atoms with Gasteiger partial charge in [-0.2, -0.15) is 0 Å². The maximum absolute atomic E-state index is 11.4. The molecule has 0 aliphatic rings. The molecule has 0 spiro atoms. The minimum atomic E-state index is 0.130. The zero-order valence-corrected chi connectivity index (χ0v) is 12.0. The standard InChI is InChI=1S/C14H28N2O/c1-5-6-7-8-9-10-11-14(17)15-12-13-16(2,3)4/h9-10H,5-8,11-13H2,1-4H3/p+1/b10-9+. The van der Waals surface area contributed by atoms with E-state index in [9.17, 15) is 4.79 Å². The van der Waals surface area contributed by atoms with E-state index >= 15 is 0 Å². The number of unbranched alkanes of at least 4 members (excludes halogenated alkanes) is 3. The summed E-state index contributed by atoms with van der Waals surface area (Å²) in [5, 5.41) is 2.94. The maximum Gasteiger partial charge on any atom is 0.224 e. The number of nitrogens with zero attached hydrogens (tertiary/aromatic N) is 1. The van der Waals surface area contributed by atoms with Crippen LogP contribution in [0.4, 0.5) is 0 Å². The third-order valence-electron chi connectivity index (χ3n) is 2.55. The molecule has 0 rings (SSSR count). The van der Waals surface area contributed by atoms with E-state index in [4.69, 9.17) is 0 Å². The van der Waals surface area contributed by atoms with Crippen LogP contribution >= 0.6 is 0 Å². The fourth-order valence-electron chi connectivity index (χ4n) is 1.42. The second kappa shape index (κ2) is 9.23. The lowest BCUT2D eigenvalue weighted by molar-refractivity contribution is -0.869. The first-order chi connectivity index (χ1) is 7.95. The van der Waals surface area contributed by atoms with Gasteiger partial charge in [-0.1, -0.05) is 31.9 Å². The molecule has 0 unspecified atom stereocenters. The molecule has 100 valence electrons. The molecule has 0 aromatic heterocycles. The van der Waals surface area contributed by atoms with Crippen molar-refractivity contribution in [2.45, 2.75) is 39.0 Å². The average molecular weight is 241 g/mol. The average Bonchev–Trinajstić information content (AvgIpc) is 2.21. The Kier molecular flexibility index (Phi) is 8.78. The van der Waals surface area contributed by atoms with Gasteiger partial charge >= 0.3 is 0 Å². The van der Waals surface area contributed by atoms with Crippen molar-refractivity contribution < 1.29 is 9.28 Å². The van der Waals surface area contributed by atoms with Crippen molar-refractivity contribution in [2.75, 3.05) is 34.2 Å². The van der Waals surface area contributed by atoms with Crippen molar-refractivity contribution >= 4 is 5.91 Å². The number of hydrogen-bond donors (Lipinski definition) is 1. The molecule has 0 aromatic rings. The van der Waals surface area contributed by atoms with Crippen LogP contribution in [-0.2, 0) is 4.79 Å². The van der Waals surface area contributed by atoms with E-state index in [0.29, 0.717) is 6.42 Å². The topological polar surface area (TPSA) is 29.1 Å². The lowest BCUT2D eigenvalue weighted by Gasteiger charge is -2.23. The first kappa shape index (κ1) is 16.2. The number of rotatable bonds is 9. The molecule has 1 amide bonds. The molecule has 0 aromatic carbocycles. The predicted molar refractivity (Wildman–Crippen MR) is 73.8 cm³/mol. The Balaban J connectivity index is 3.46. The minimum absolute atomic E-state index is 0.130. The number of carbonyl (C=O) groups is 1. The minimum Gasteiger partial charge on any atom is -0.350 e. The van der Waals surface area contributed by atoms with E-state index in [0.717, 1.165) is 24.0 Å². The highest BCUT2D eigenvalue weighted by Gasteiger charge is 2.06. The lowest BCUT2D eigenvalue weighted by Crippen LogP contribution is -2.41. The van der Waals surface area contributed by atoms with Gasteiger partial charge in [0.2, 0.25) is 5.91 Å². The van der Waals surface area contributed by atoms with E-state index in [1.165, 1.54) is 19.3 Å². The molecule has 3 heteroatoms.